The molecule has 0 radical (unpaired) electrons. The number of halogens is 2. The highest BCUT2D eigenvalue weighted by Crippen LogP contribution is 2.35. The maximum atomic E-state index is 14.4. The summed E-state index contributed by atoms with van der Waals surface area (Å²) < 4.78 is 35.6. The molecule has 8 nitrogen and oxygen atoms in total. The minimum Gasteiger partial charge on any atom is -0.383 e. The SMILES string of the molecule is Nc1nc(N2CCO[C@@H](c3cnn(C4CC4)c3)C2)nc(-c2ccc(F)cc2F)c1C=O. The smallest absolute Gasteiger partial charge is 0.228 e. The van der Waals surface area contributed by atoms with E-state index in [0.29, 0.717) is 32.0 Å². The molecule has 3 aromatic rings. The fourth-order valence-corrected chi connectivity index (χ4v) is 3.71. The number of anilines is 2. The average Bonchev–Trinajstić information content (AvgIpc) is 3.50. The minimum absolute atomic E-state index is 0.0191. The Morgan fingerprint density at radius 3 is 2.81 bits per heavy atom. The summed E-state index contributed by atoms with van der Waals surface area (Å²) in [7, 11) is 0. The van der Waals surface area contributed by atoms with E-state index in [0.717, 1.165) is 30.5 Å². The minimum atomic E-state index is -0.834. The number of carbonyl (C=O) groups excluding carboxylic acids is 1. The number of aromatic nitrogens is 4. The van der Waals surface area contributed by atoms with E-state index < -0.39 is 11.6 Å². The lowest BCUT2D eigenvalue weighted by atomic mass is 10.1. The van der Waals surface area contributed by atoms with Gasteiger partial charge in [-0.05, 0) is 25.0 Å². The van der Waals surface area contributed by atoms with E-state index in [2.05, 4.69) is 15.1 Å². The number of nitrogen functional groups attached to an aromatic ring is 1. The summed E-state index contributed by atoms with van der Waals surface area (Å²) in [4.78, 5) is 22.1. The van der Waals surface area contributed by atoms with Crippen LogP contribution in [0.5, 0.6) is 0 Å². The Kier molecular flexibility index (Phi) is 4.85. The molecule has 10 heteroatoms. The van der Waals surface area contributed by atoms with Gasteiger partial charge in [-0.2, -0.15) is 10.1 Å². The molecule has 1 aliphatic heterocycles. The fraction of sp³-hybridized carbons (Fsp3) is 0.333. The van der Waals surface area contributed by atoms with Gasteiger partial charge in [-0.3, -0.25) is 9.48 Å². The van der Waals surface area contributed by atoms with Gasteiger partial charge < -0.3 is 15.4 Å². The van der Waals surface area contributed by atoms with Crippen LogP contribution < -0.4 is 10.6 Å². The molecule has 160 valence electrons. The number of hydrogen-bond acceptors (Lipinski definition) is 7. The van der Waals surface area contributed by atoms with Crippen LogP contribution in [0.2, 0.25) is 0 Å². The number of nitrogens with zero attached hydrogens (tertiary/aromatic N) is 5. The van der Waals surface area contributed by atoms with Crippen LogP contribution >= 0.6 is 0 Å². The molecule has 5 rings (SSSR count). The molecule has 2 fully saturated rings. The fourth-order valence-electron chi connectivity index (χ4n) is 3.71. The highest BCUT2D eigenvalue weighted by molar-refractivity contribution is 5.91. The molecule has 0 amide bonds. The van der Waals surface area contributed by atoms with Gasteiger partial charge >= 0.3 is 0 Å². The van der Waals surface area contributed by atoms with Crippen molar-refractivity contribution in [2.24, 2.45) is 0 Å². The number of benzene rings is 1. The topological polar surface area (TPSA) is 99.2 Å². The van der Waals surface area contributed by atoms with Crippen molar-refractivity contribution >= 4 is 18.1 Å². The lowest BCUT2D eigenvalue weighted by Crippen LogP contribution is -2.39. The third kappa shape index (κ3) is 3.74. The van der Waals surface area contributed by atoms with Crippen LogP contribution in [0.3, 0.4) is 0 Å². The molecule has 1 saturated carbocycles. The van der Waals surface area contributed by atoms with Crippen LogP contribution in [0.15, 0.2) is 30.6 Å². The average molecular weight is 426 g/mol. The Balaban J connectivity index is 1.47. The molecule has 0 spiro atoms. The van der Waals surface area contributed by atoms with Crippen molar-refractivity contribution in [3.8, 4) is 11.3 Å². The van der Waals surface area contributed by atoms with Crippen molar-refractivity contribution in [2.75, 3.05) is 30.3 Å². The summed E-state index contributed by atoms with van der Waals surface area (Å²) in [5.41, 5.74) is 6.92. The number of rotatable bonds is 5. The molecule has 1 aromatic carbocycles. The van der Waals surface area contributed by atoms with Crippen LogP contribution in [0.1, 0.15) is 40.9 Å². The number of aldehydes is 1. The summed E-state index contributed by atoms with van der Waals surface area (Å²) >= 11 is 0. The number of hydrogen-bond donors (Lipinski definition) is 1. The van der Waals surface area contributed by atoms with Crippen molar-refractivity contribution in [3.63, 3.8) is 0 Å². The van der Waals surface area contributed by atoms with Gasteiger partial charge in [0.1, 0.15) is 23.6 Å². The second kappa shape index (κ2) is 7.69. The predicted molar refractivity (Wildman–Crippen MR) is 109 cm³/mol. The van der Waals surface area contributed by atoms with E-state index in [4.69, 9.17) is 10.5 Å². The Morgan fingerprint density at radius 1 is 1.23 bits per heavy atom. The molecule has 1 aliphatic carbocycles. The van der Waals surface area contributed by atoms with Crippen LogP contribution in [-0.4, -0.2) is 45.7 Å². The van der Waals surface area contributed by atoms with Gasteiger partial charge in [0.05, 0.1) is 36.6 Å². The maximum Gasteiger partial charge on any atom is 0.228 e. The third-order valence-corrected chi connectivity index (χ3v) is 5.53. The first-order valence-corrected chi connectivity index (χ1v) is 10.0. The summed E-state index contributed by atoms with van der Waals surface area (Å²) in [5.74, 6) is -1.37. The highest BCUT2D eigenvalue weighted by Gasteiger charge is 2.29. The Labute approximate surface area is 176 Å². The first kappa shape index (κ1) is 19.6. The van der Waals surface area contributed by atoms with E-state index in [1.165, 1.54) is 6.07 Å². The van der Waals surface area contributed by atoms with Crippen LogP contribution in [0.4, 0.5) is 20.5 Å². The van der Waals surface area contributed by atoms with Gasteiger partial charge in [-0.1, -0.05) is 0 Å². The van der Waals surface area contributed by atoms with Gasteiger partial charge in [-0.25, -0.2) is 13.8 Å². The zero-order valence-electron chi connectivity index (χ0n) is 16.5. The van der Waals surface area contributed by atoms with E-state index in [1.54, 1.807) is 6.20 Å². The number of nitrogens with two attached hydrogens (primary N) is 1. The van der Waals surface area contributed by atoms with Gasteiger partial charge in [0.15, 0.2) is 6.29 Å². The van der Waals surface area contributed by atoms with Crippen molar-refractivity contribution in [1.29, 1.82) is 0 Å². The molecule has 1 saturated heterocycles. The molecular weight excluding hydrogens is 406 g/mol. The summed E-state index contributed by atoms with van der Waals surface area (Å²) in [5, 5.41) is 4.41. The summed E-state index contributed by atoms with van der Waals surface area (Å²) in [6.45, 7) is 1.37. The van der Waals surface area contributed by atoms with Gasteiger partial charge in [0, 0.05) is 29.9 Å². The number of carbonyl (C=O) groups is 1. The monoisotopic (exact) mass is 426 g/mol. The maximum absolute atomic E-state index is 14.4. The predicted octanol–water partition coefficient (Wildman–Crippen LogP) is 2.93. The largest absolute Gasteiger partial charge is 0.383 e. The van der Waals surface area contributed by atoms with E-state index >= 15 is 0 Å². The van der Waals surface area contributed by atoms with Gasteiger partial charge in [0.25, 0.3) is 0 Å². The van der Waals surface area contributed by atoms with E-state index in [1.807, 2.05) is 15.8 Å². The standard InChI is InChI=1S/C21H20F2N6O2/c22-13-1-4-15(17(23)7-13)19-16(11-30)20(24)27-21(26-19)28-5-6-31-18(10-28)12-8-25-29(9-12)14-2-3-14/h1,4,7-9,11,14,18H,2-3,5-6,10H2,(H2,24,26,27)/t18-/m1/s1. The van der Waals surface area contributed by atoms with Crippen molar-refractivity contribution in [3.05, 3.63) is 53.4 Å². The van der Waals surface area contributed by atoms with Gasteiger partial charge in [-0.15, -0.1) is 0 Å². The van der Waals surface area contributed by atoms with Crippen LogP contribution in [0.25, 0.3) is 11.3 Å². The Morgan fingerprint density at radius 2 is 2.06 bits per heavy atom. The number of ether oxygens (including phenoxy) is 1. The quantitative estimate of drug-likeness (QED) is 0.626. The third-order valence-electron chi connectivity index (χ3n) is 5.53. The normalized spacial score (nSPS) is 18.9. The lowest BCUT2D eigenvalue weighted by Gasteiger charge is -2.33. The molecular formula is C21H20F2N6O2. The second-order valence-corrected chi connectivity index (χ2v) is 7.70. The van der Waals surface area contributed by atoms with Crippen LogP contribution in [-0.2, 0) is 4.74 Å². The molecule has 1 atom stereocenters. The van der Waals surface area contributed by atoms with Crippen molar-refractivity contribution in [2.45, 2.75) is 25.0 Å². The lowest BCUT2D eigenvalue weighted by molar-refractivity contribution is 0.0392. The molecule has 31 heavy (non-hydrogen) atoms. The number of morpholine rings is 1. The Bertz CT molecular complexity index is 1150. The molecule has 2 N–H and O–H groups in total. The zero-order chi connectivity index (χ0) is 21.5. The zero-order valence-corrected chi connectivity index (χ0v) is 16.5. The molecule has 2 aromatic heterocycles. The Hall–Kier alpha value is -3.40. The summed E-state index contributed by atoms with van der Waals surface area (Å²) in [6, 6.07) is 3.55. The first-order chi connectivity index (χ1) is 15.0. The van der Waals surface area contributed by atoms with E-state index in [9.17, 15) is 13.6 Å². The molecule has 0 bridgehead atoms. The summed E-state index contributed by atoms with van der Waals surface area (Å²) in [6.07, 6.45) is 6.32. The van der Waals surface area contributed by atoms with Crippen LogP contribution in [0, 0.1) is 11.6 Å². The second-order valence-electron chi connectivity index (χ2n) is 7.70. The van der Waals surface area contributed by atoms with E-state index in [-0.39, 0.29) is 34.7 Å². The first-order valence-electron chi connectivity index (χ1n) is 10.0. The highest BCUT2D eigenvalue weighted by atomic mass is 19.1. The molecule has 0 unspecified atom stereocenters. The van der Waals surface area contributed by atoms with Gasteiger partial charge in [0.2, 0.25) is 5.95 Å². The molecule has 2 aliphatic rings. The molecule has 3 heterocycles. The van der Waals surface area contributed by atoms with Crippen molar-refractivity contribution in [1.82, 2.24) is 19.7 Å². The van der Waals surface area contributed by atoms with Crippen molar-refractivity contribution < 1.29 is 18.3 Å².